The number of para-hydroxylation sites is 1. The molecule has 2 atom stereocenters. The molecule has 0 saturated carbocycles. The summed E-state index contributed by atoms with van der Waals surface area (Å²) in [5, 5.41) is 2.92. The topological polar surface area (TPSA) is 97.4 Å². The molecular weight excluding hydrogens is 450 g/mol. The van der Waals surface area contributed by atoms with Gasteiger partial charge in [-0.2, -0.15) is 0 Å². The van der Waals surface area contributed by atoms with E-state index in [1.54, 1.807) is 34.1 Å². The molecule has 9 heteroatoms. The van der Waals surface area contributed by atoms with Crippen LogP contribution >= 0.6 is 0 Å². The van der Waals surface area contributed by atoms with Crippen LogP contribution in [0.1, 0.15) is 58.1 Å². The highest BCUT2D eigenvalue weighted by atomic mass is 16.5. The van der Waals surface area contributed by atoms with E-state index in [0.717, 1.165) is 19.4 Å². The Bertz CT molecular complexity index is 1160. The van der Waals surface area contributed by atoms with Crippen LogP contribution in [0, 0.1) is 0 Å². The first-order valence-corrected chi connectivity index (χ1v) is 11.9. The third-order valence-corrected chi connectivity index (χ3v) is 6.84. The number of methoxy groups -OCH3 is 2. The molecule has 0 aromatic heterocycles. The zero-order chi connectivity index (χ0) is 24.5. The number of nitrogens with zero attached hydrogens (tertiary/aromatic N) is 2. The Kier molecular flexibility index (Phi) is 6.34. The number of hydrogen-bond donors (Lipinski definition) is 1. The number of carbonyl (C=O) groups is 3. The molecular formula is C26H29N3O6. The van der Waals surface area contributed by atoms with Crippen molar-refractivity contribution in [1.82, 2.24) is 10.2 Å². The minimum absolute atomic E-state index is 0.0727. The van der Waals surface area contributed by atoms with Crippen LogP contribution < -0.4 is 19.7 Å². The Morgan fingerprint density at radius 3 is 2.69 bits per heavy atom. The fourth-order valence-corrected chi connectivity index (χ4v) is 5.18. The summed E-state index contributed by atoms with van der Waals surface area (Å²) in [7, 11) is 3.01. The maximum absolute atomic E-state index is 13.7. The fraction of sp³-hybridized carbons (Fsp3) is 0.423. The number of ether oxygens (including phenoxy) is 3. The Hall–Kier alpha value is -3.59. The summed E-state index contributed by atoms with van der Waals surface area (Å²) in [6.07, 6.45) is 2.19. The fourth-order valence-electron chi connectivity index (χ4n) is 5.18. The van der Waals surface area contributed by atoms with Gasteiger partial charge in [-0.3, -0.25) is 19.3 Å². The first-order valence-electron chi connectivity index (χ1n) is 11.9. The van der Waals surface area contributed by atoms with Gasteiger partial charge in [0.1, 0.15) is 6.17 Å². The highest BCUT2D eigenvalue weighted by Gasteiger charge is 2.49. The third kappa shape index (κ3) is 3.99. The number of carbonyl (C=O) groups excluding carboxylic acids is 3. The summed E-state index contributed by atoms with van der Waals surface area (Å²) >= 11 is 0. The van der Waals surface area contributed by atoms with Gasteiger partial charge in [-0.05, 0) is 37.5 Å². The predicted octanol–water partition coefficient (Wildman–Crippen LogP) is 2.89. The highest BCUT2D eigenvalue weighted by Crippen LogP contribution is 2.49. The molecule has 2 aromatic rings. The predicted molar refractivity (Wildman–Crippen MR) is 128 cm³/mol. The van der Waals surface area contributed by atoms with Crippen LogP contribution in [-0.4, -0.2) is 62.6 Å². The maximum Gasteiger partial charge on any atom is 0.264 e. The molecule has 0 spiro atoms. The third-order valence-electron chi connectivity index (χ3n) is 6.84. The molecule has 2 unspecified atom stereocenters. The second-order valence-electron chi connectivity index (χ2n) is 8.87. The van der Waals surface area contributed by atoms with Crippen LogP contribution in [-0.2, 0) is 9.53 Å². The molecule has 1 saturated heterocycles. The number of benzene rings is 2. The lowest BCUT2D eigenvalue weighted by Gasteiger charge is -2.41. The molecule has 3 aliphatic rings. The van der Waals surface area contributed by atoms with Gasteiger partial charge in [0.25, 0.3) is 11.8 Å². The summed E-state index contributed by atoms with van der Waals surface area (Å²) in [4.78, 5) is 42.9. The lowest BCUT2D eigenvalue weighted by atomic mass is 10.0. The van der Waals surface area contributed by atoms with Crippen LogP contribution in [0.15, 0.2) is 36.4 Å². The molecule has 3 aliphatic heterocycles. The summed E-state index contributed by atoms with van der Waals surface area (Å²) in [5.41, 5.74) is 2.09. The van der Waals surface area contributed by atoms with E-state index in [-0.39, 0.29) is 30.2 Å². The van der Waals surface area contributed by atoms with E-state index in [9.17, 15) is 14.4 Å². The highest BCUT2D eigenvalue weighted by molar-refractivity contribution is 6.18. The van der Waals surface area contributed by atoms with Crippen LogP contribution in [0.3, 0.4) is 0 Å². The van der Waals surface area contributed by atoms with Gasteiger partial charge < -0.3 is 24.4 Å². The lowest BCUT2D eigenvalue weighted by Crippen LogP contribution is -2.48. The van der Waals surface area contributed by atoms with Gasteiger partial charge in [-0.1, -0.05) is 18.2 Å². The quantitative estimate of drug-likeness (QED) is 0.625. The SMILES string of the molecule is COc1ccc2c(c1OC)C(=O)N1c3ccccc3C(=O)N(CCCC(=O)NCC3CCCO3)C21. The minimum Gasteiger partial charge on any atom is -0.493 e. The van der Waals surface area contributed by atoms with Crippen molar-refractivity contribution < 1.29 is 28.6 Å². The first-order chi connectivity index (χ1) is 17.0. The van der Waals surface area contributed by atoms with Gasteiger partial charge in [0.05, 0.1) is 37.1 Å². The van der Waals surface area contributed by atoms with Gasteiger partial charge >= 0.3 is 0 Å². The monoisotopic (exact) mass is 479 g/mol. The molecule has 0 bridgehead atoms. The molecule has 184 valence electrons. The standard InChI is InChI=1S/C26H29N3O6/c1-33-20-12-11-18-22(23(20)34-2)26(32)29-19-9-4-3-8-17(19)25(31)28(24(18)29)13-5-10-21(30)27-15-16-7-6-14-35-16/h3-4,8-9,11-12,16,24H,5-7,10,13-15H2,1-2H3,(H,27,30). The molecule has 2 aromatic carbocycles. The molecule has 9 nitrogen and oxygen atoms in total. The number of anilines is 1. The van der Waals surface area contributed by atoms with Gasteiger partial charge in [0.2, 0.25) is 5.91 Å². The molecule has 0 aliphatic carbocycles. The zero-order valence-corrected chi connectivity index (χ0v) is 19.9. The Labute approximate surface area is 203 Å². The second kappa shape index (κ2) is 9.58. The van der Waals surface area contributed by atoms with Gasteiger partial charge in [-0.25, -0.2) is 0 Å². The van der Waals surface area contributed by atoms with Crippen molar-refractivity contribution in [3.63, 3.8) is 0 Å². The van der Waals surface area contributed by atoms with E-state index in [1.807, 2.05) is 12.1 Å². The van der Waals surface area contributed by atoms with Crippen LogP contribution in [0.5, 0.6) is 11.5 Å². The summed E-state index contributed by atoms with van der Waals surface area (Å²) in [5.74, 6) is 0.310. The van der Waals surface area contributed by atoms with Crippen LogP contribution in [0.25, 0.3) is 0 Å². The average molecular weight is 480 g/mol. The normalized spacial score (nSPS) is 20.4. The summed E-state index contributed by atoms with van der Waals surface area (Å²) in [6, 6.07) is 10.7. The molecule has 3 amide bonds. The van der Waals surface area contributed by atoms with Gasteiger partial charge in [-0.15, -0.1) is 0 Å². The summed E-state index contributed by atoms with van der Waals surface area (Å²) in [6.45, 7) is 1.57. The molecule has 1 fully saturated rings. The van der Waals surface area contributed by atoms with E-state index in [2.05, 4.69) is 5.32 Å². The molecule has 0 radical (unpaired) electrons. The van der Waals surface area contributed by atoms with Crippen molar-refractivity contribution in [2.45, 2.75) is 38.0 Å². The molecule has 35 heavy (non-hydrogen) atoms. The number of fused-ring (bicyclic) bond motifs is 5. The van der Waals surface area contributed by atoms with Crippen molar-refractivity contribution >= 4 is 23.4 Å². The number of rotatable bonds is 8. The Morgan fingerprint density at radius 1 is 1.11 bits per heavy atom. The average Bonchev–Trinajstić information content (AvgIpc) is 3.50. The van der Waals surface area contributed by atoms with E-state index in [4.69, 9.17) is 14.2 Å². The molecule has 5 rings (SSSR count). The molecule has 1 N–H and O–H groups in total. The largest absolute Gasteiger partial charge is 0.493 e. The van der Waals surface area contributed by atoms with Crippen molar-refractivity contribution in [2.24, 2.45) is 0 Å². The van der Waals surface area contributed by atoms with Crippen molar-refractivity contribution in [2.75, 3.05) is 38.8 Å². The molecule has 3 heterocycles. The lowest BCUT2D eigenvalue weighted by molar-refractivity contribution is -0.121. The minimum atomic E-state index is -0.616. The maximum atomic E-state index is 13.7. The summed E-state index contributed by atoms with van der Waals surface area (Å²) < 4.78 is 16.5. The van der Waals surface area contributed by atoms with Crippen molar-refractivity contribution in [3.05, 3.63) is 53.1 Å². The number of hydrogen-bond acceptors (Lipinski definition) is 6. The van der Waals surface area contributed by atoms with E-state index >= 15 is 0 Å². The number of amides is 3. The van der Waals surface area contributed by atoms with Gasteiger partial charge in [0.15, 0.2) is 11.5 Å². The van der Waals surface area contributed by atoms with Crippen LogP contribution in [0.4, 0.5) is 5.69 Å². The van der Waals surface area contributed by atoms with Crippen molar-refractivity contribution in [1.29, 1.82) is 0 Å². The smallest absolute Gasteiger partial charge is 0.264 e. The first kappa shape index (κ1) is 23.2. The Balaban J connectivity index is 1.40. The van der Waals surface area contributed by atoms with Crippen LogP contribution in [0.2, 0.25) is 0 Å². The van der Waals surface area contributed by atoms with E-state index in [0.29, 0.717) is 53.4 Å². The van der Waals surface area contributed by atoms with Crippen molar-refractivity contribution in [3.8, 4) is 11.5 Å². The Morgan fingerprint density at radius 2 is 1.94 bits per heavy atom. The second-order valence-corrected chi connectivity index (χ2v) is 8.87. The van der Waals surface area contributed by atoms with E-state index in [1.165, 1.54) is 14.2 Å². The number of nitrogens with one attached hydrogen (secondary N) is 1. The van der Waals surface area contributed by atoms with Gasteiger partial charge in [0, 0.05) is 31.7 Å². The van der Waals surface area contributed by atoms with E-state index < -0.39 is 6.17 Å². The zero-order valence-electron chi connectivity index (χ0n) is 19.9.